The van der Waals surface area contributed by atoms with Crippen molar-refractivity contribution in [3.8, 4) is 10.7 Å². The number of anilines is 1. The number of halogens is 2. The van der Waals surface area contributed by atoms with Crippen molar-refractivity contribution in [2.24, 2.45) is 0 Å². The summed E-state index contributed by atoms with van der Waals surface area (Å²) in [5.74, 6) is 0.965. The monoisotopic (exact) mass is 295 g/mol. The Balaban J connectivity index is 2.34. The molecule has 3 nitrogen and oxygen atoms in total. The average molecular weight is 296 g/mol. The third-order valence-electron chi connectivity index (χ3n) is 2.49. The van der Waals surface area contributed by atoms with Gasteiger partial charge in [-0.25, -0.2) is 9.97 Å². The van der Waals surface area contributed by atoms with Crippen LogP contribution in [-0.4, -0.2) is 9.97 Å². The maximum Gasteiger partial charge on any atom is 0.172 e. The summed E-state index contributed by atoms with van der Waals surface area (Å²) in [5, 5.41) is 3.63. The molecule has 0 aliphatic rings. The molecule has 2 N–H and O–H groups in total. The highest BCUT2D eigenvalue weighted by atomic mass is 35.5. The van der Waals surface area contributed by atoms with E-state index in [-0.39, 0.29) is 0 Å². The zero-order chi connectivity index (χ0) is 12.7. The Labute approximate surface area is 117 Å². The summed E-state index contributed by atoms with van der Waals surface area (Å²) in [6, 6.07) is 7.24. The molecule has 0 atom stereocenters. The fourth-order valence-corrected chi connectivity index (χ4v) is 2.89. The van der Waals surface area contributed by atoms with E-state index in [9.17, 15) is 0 Å². The summed E-state index contributed by atoms with van der Waals surface area (Å²) in [6.45, 7) is 0. The van der Waals surface area contributed by atoms with Crippen molar-refractivity contribution < 1.29 is 0 Å². The van der Waals surface area contributed by atoms with Gasteiger partial charge < -0.3 is 5.73 Å². The van der Waals surface area contributed by atoms with Gasteiger partial charge in [-0.1, -0.05) is 29.3 Å². The molecule has 3 rings (SSSR count). The number of hydrogen-bond acceptors (Lipinski definition) is 4. The van der Waals surface area contributed by atoms with Gasteiger partial charge in [-0.3, -0.25) is 0 Å². The number of fused-ring (bicyclic) bond motifs is 1. The summed E-state index contributed by atoms with van der Waals surface area (Å²) in [7, 11) is 0. The highest BCUT2D eigenvalue weighted by Gasteiger charge is 2.11. The van der Waals surface area contributed by atoms with Crippen molar-refractivity contribution in [1.29, 1.82) is 0 Å². The summed E-state index contributed by atoms with van der Waals surface area (Å²) >= 11 is 13.6. The number of rotatable bonds is 1. The van der Waals surface area contributed by atoms with Crippen LogP contribution in [0.25, 0.3) is 21.6 Å². The Kier molecular flexibility index (Phi) is 2.86. The highest BCUT2D eigenvalue weighted by molar-refractivity contribution is 7.13. The lowest BCUT2D eigenvalue weighted by Crippen LogP contribution is -1.97. The van der Waals surface area contributed by atoms with Gasteiger partial charge in [0.05, 0.1) is 15.4 Å². The van der Waals surface area contributed by atoms with Crippen molar-refractivity contribution in [3.63, 3.8) is 0 Å². The average Bonchev–Trinajstić information content (AvgIpc) is 2.83. The Morgan fingerprint density at radius 3 is 2.72 bits per heavy atom. The predicted octanol–water partition coefficient (Wildman–Crippen LogP) is 4.25. The van der Waals surface area contributed by atoms with Crippen LogP contribution < -0.4 is 5.73 Å². The molecule has 0 aliphatic carbocycles. The minimum atomic E-state index is 0.382. The van der Waals surface area contributed by atoms with Crippen molar-refractivity contribution in [3.05, 3.63) is 39.7 Å². The summed E-state index contributed by atoms with van der Waals surface area (Å²) in [6.07, 6.45) is 0. The largest absolute Gasteiger partial charge is 0.383 e. The molecule has 1 aromatic carbocycles. The van der Waals surface area contributed by atoms with Crippen LogP contribution in [0.5, 0.6) is 0 Å². The fourth-order valence-electron chi connectivity index (χ4n) is 1.70. The summed E-state index contributed by atoms with van der Waals surface area (Å²) in [5.41, 5.74) is 6.56. The van der Waals surface area contributed by atoms with Gasteiger partial charge in [-0.15, -0.1) is 11.3 Å². The molecule has 0 fully saturated rings. The highest BCUT2D eigenvalue weighted by Crippen LogP contribution is 2.32. The molecule has 0 radical (unpaired) electrons. The molecule has 6 heteroatoms. The molecule has 18 heavy (non-hydrogen) atoms. The Hall–Kier alpha value is -1.36. The molecule has 0 spiro atoms. The van der Waals surface area contributed by atoms with E-state index in [0.29, 0.717) is 32.6 Å². The van der Waals surface area contributed by atoms with Gasteiger partial charge in [0, 0.05) is 10.4 Å². The third-order valence-corrected chi connectivity index (χ3v) is 3.86. The summed E-state index contributed by atoms with van der Waals surface area (Å²) < 4.78 is 0. The Morgan fingerprint density at radius 2 is 2.00 bits per heavy atom. The standard InChI is InChI=1S/C12H7Cl2N3S/c13-6-4-7-10(8(14)5-6)16-12(17-11(7)15)9-2-1-3-18-9/h1-5H,(H2,15,16,17). The maximum absolute atomic E-state index is 6.14. The number of benzene rings is 1. The number of aromatic nitrogens is 2. The van der Waals surface area contributed by atoms with E-state index in [4.69, 9.17) is 28.9 Å². The first-order chi connectivity index (χ1) is 8.65. The molecule has 90 valence electrons. The van der Waals surface area contributed by atoms with Crippen molar-refractivity contribution >= 4 is 51.3 Å². The molecule has 0 bridgehead atoms. The van der Waals surface area contributed by atoms with E-state index < -0.39 is 0 Å². The maximum atomic E-state index is 6.14. The number of nitrogens with two attached hydrogens (primary N) is 1. The Morgan fingerprint density at radius 1 is 1.17 bits per heavy atom. The number of hydrogen-bond donors (Lipinski definition) is 1. The first-order valence-corrected chi connectivity index (χ1v) is 6.75. The van der Waals surface area contributed by atoms with E-state index in [1.165, 1.54) is 0 Å². The van der Waals surface area contributed by atoms with Crippen LogP contribution in [0, 0.1) is 0 Å². The second-order valence-corrected chi connectivity index (χ2v) is 5.48. The first kappa shape index (κ1) is 11.7. The third kappa shape index (κ3) is 1.92. The zero-order valence-corrected chi connectivity index (χ0v) is 11.4. The zero-order valence-electron chi connectivity index (χ0n) is 9.02. The Bertz CT molecular complexity index is 726. The van der Waals surface area contributed by atoms with E-state index >= 15 is 0 Å². The van der Waals surface area contributed by atoms with Gasteiger partial charge in [0.1, 0.15) is 5.82 Å². The van der Waals surface area contributed by atoms with Gasteiger partial charge in [0.15, 0.2) is 5.82 Å². The van der Waals surface area contributed by atoms with Gasteiger partial charge >= 0.3 is 0 Å². The lowest BCUT2D eigenvalue weighted by Gasteiger charge is -2.06. The molecular weight excluding hydrogens is 289 g/mol. The normalized spacial score (nSPS) is 11.0. The predicted molar refractivity (Wildman–Crippen MR) is 77.3 cm³/mol. The fraction of sp³-hybridized carbons (Fsp3) is 0. The topological polar surface area (TPSA) is 51.8 Å². The van der Waals surface area contributed by atoms with Crippen molar-refractivity contribution in [2.45, 2.75) is 0 Å². The molecule has 0 aliphatic heterocycles. The lowest BCUT2D eigenvalue weighted by molar-refractivity contribution is 1.25. The van der Waals surface area contributed by atoms with Crippen LogP contribution in [0.3, 0.4) is 0 Å². The second-order valence-electron chi connectivity index (χ2n) is 3.69. The molecule has 2 heterocycles. The van der Waals surface area contributed by atoms with E-state index in [0.717, 1.165) is 4.88 Å². The molecule has 0 unspecified atom stereocenters. The van der Waals surface area contributed by atoms with E-state index in [2.05, 4.69) is 9.97 Å². The lowest BCUT2D eigenvalue weighted by atomic mass is 10.2. The van der Waals surface area contributed by atoms with Crippen LogP contribution in [0.2, 0.25) is 10.0 Å². The molecule has 0 amide bonds. The van der Waals surface area contributed by atoms with Gasteiger partial charge in [-0.2, -0.15) is 0 Å². The minimum absolute atomic E-state index is 0.382. The molecule has 3 aromatic rings. The van der Waals surface area contributed by atoms with Crippen LogP contribution in [0.15, 0.2) is 29.6 Å². The minimum Gasteiger partial charge on any atom is -0.383 e. The first-order valence-electron chi connectivity index (χ1n) is 5.11. The second kappa shape index (κ2) is 4.39. The van der Waals surface area contributed by atoms with Crippen LogP contribution >= 0.6 is 34.5 Å². The van der Waals surface area contributed by atoms with Crippen LogP contribution in [-0.2, 0) is 0 Å². The van der Waals surface area contributed by atoms with E-state index in [1.807, 2.05) is 17.5 Å². The number of thiophene rings is 1. The van der Waals surface area contributed by atoms with Gasteiger partial charge in [0.2, 0.25) is 0 Å². The molecule has 0 saturated heterocycles. The quantitative estimate of drug-likeness (QED) is 0.730. The smallest absolute Gasteiger partial charge is 0.172 e. The van der Waals surface area contributed by atoms with Crippen LogP contribution in [0.4, 0.5) is 5.82 Å². The molecule has 2 aromatic heterocycles. The van der Waals surface area contributed by atoms with Crippen molar-refractivity contribution in [2.75, 3.05) is 5.73 Å². The summed E-state index contributed by atoms with van der Waals surface area (Å²) in [4.78, 5) is 9.69. The van der Waals surface area contributed by atoms with Gasteiger partial charge in [0.25, 0.3) is 0 Å². The van der Waals surface area contributed by atoms with Crippen molar-refractivity contribution in [1.82, 2.24) is 9.97 Å². The van der Waals surface area contributed by atoms with E-state index in [1.54, 1.807) is 23.5 Å². The van der Waals surface area contributed by atoms with Gasteiger partial charge in [-0.05, 0) is 23.6 Å². The molecule has 0 saturated carbocycles. The number of nitrogens with zero attached hydrogens (tertiary/aromatic N) is 2. The SMILES string of the molecule is Nc1nc(-c2cccs2)nc2c(Cl)cc(Cl)cc12. The molecular formula is C12H7Cl2N3S. The number of nitrogen functional groups attached to an aromatic ring is 1. The van der Waals surface area contributed by atoms with Crippen LogP contribution in [0.1, 0.15) is 0 Å².